The number of halogens is 1. The Kier molecular flexibility index (Phi) is 5.13. The molecule has 1 unspecified atom stereocenters. The Morgan fingerprint density at radius 2 is 2.10 bits per heavy atom. The van der Waals surface area contributed by atoms with E-state index in [2.05, 4.69) is 11.1 Å². The van der Waals surface area contributed by atoms with Crippen LogP contribution in [0.4, 0.5) is 0 Å². The number of amides is 1. The monoisotopic (exact) mass is 293 g/mol. The highest BCUT2D eigenvalue weighted by Crippen LogP contribution is 2.24. The van der Waals surface area contributed by atoms with Gasteiger partial charge in [0.15, 0.2) is 0 Å². The van der Waals surface area contributed by atoms with Crippen LogP contribution in [0.15, 0.2) is 12.1 Å². The Labute approximate surface area is 125 Å². The van der Waals surface area contributed by atoms with Crippen LogP contribution in [-0.4, -0.2) is 28.9 Å². The number of rotatable bonds is 3. The summed E-state index contributed by atoms with van der Waals surface area (Å²) in [4.78, 5) is 18.2. The van der Waals surface area contributed by atoms with Gasteiger partial charge < -0.3 is 4.90 Å². The van der Waals surface area contributed by atoms with Gasteiger partial charge in [-0.15, -0.1) is 0 Å². The fraction of sp³-hybridized carbons (Fsp3) is 0.533. The molecular weight excluding hydrogens is 274 g/mol. The molecule has 0 saturated carbocycles. The van der Waals surface area contributed by atoms with Gasteiger partial charge in [-0.3, -0.25) is 4.79 Å². The smallest absolute Gasteiger partial charge is 0.254 e. The number of hydrogen-bond donors (Lipinski definition) is 0. The molecule has 0 aromatic carbocycles. The molecule has 0 N–H and O–H groups in total. The summed E-state index contributed by atoms with van der Waals surface area (Å²) in [7, 11) is 1.69. The Balaban J connectivity index is 3.11. The van der Waals surface area contributed by atoms with Crippen LogP contribution in [-0.2, 0) is 5.41 Å². The van der Waals surface area contributed by atoms with Crippen molar-refractivity contribution in [1.29, 1.82) is 5.26 Å². The molecule has 0 aliphatic heterocycles. The minimum atomic E-state index is -0.184. The van der Waals surface area contributed by atoms with Crippen LogP contribution < -0.4 is 0 Å². The first-order valence-corrected chi connectivity index (χ1v) is 6.86. The van der Waals surface area contributed by atoms with Gasteiger partial charge in [0.1, 0.15) is 5.15 Å². The molecule has 1 atom stereocenters. The predicted molar refractivity (Wildman–Crippen MR) is 79.7 cm³/mol. The van der Waals surface area contributed by atoms with Crippen LogP contribution in [0.1, 0.15) is 50.2 Å². The molecule has 1 aromatic heterocycles. The zero-order chi connectivity index (χ0) is 15.5. The Bertz CT molecular complexity index is 543. The summed E-state index contributed by atoms with van der Waals surface area (Å²) in [5, 5.41) is 9.02. The Morgan fingerprint density at radius 3 is 2.60 bits per heavy atom. The summed E-state index contributed by atoms with van der Waals surface area (Å²) < 4.78 is 0. The SMILES string of the molecule is CC(CC#N)N(C)C(=O)c1cc(Cl)nc(C(C)(C)C)c1. The van der Waals surface area contributed by atoms with Crippen LogP contribution in [0.25, 0.3) is 0 Å². The number of hydrogen-bond acceptors (Lipinski definition) is 3. The van der Waals surface area contributed by atoms with E-state index in [1.807, 2.05) is 27.7 Å². The van der Waals surface area contributed by atoms with Crippen molar-refractivity contribution in [3.63, 3.8) is 0 Å². The number of carbonyl (C=O) groups excluding carboxylic acids is 1. The van der Waals surface area contributed by atoms with Gasteiger partial charge in [0.05, 0.1) is 12.5 Å². The molecule has 0 radical (unpaired) electrons. The first-order valence-electron chi connectivity index (χ1n) is 6.49. The molecule has 0 fully saturated rings. The molecule has 4 nitrogen and oxygen atoms in total. The number of aromatic nitrogens is 1. The maximum atomic E-state index is 12.4. The molecular formula is C15H20ClN3O. The van der Waals surface area contributed by atoms with Crippen LogP contribution in [0.3, 0.4) is 0 Å². The molecule has 1 rings (SSSR count). The fourth-order valence-corrected chi connectivity index (χ4v) is 1.89. The lowest BCUT2D eigenvalue weighted by Crippen LogP contribution is -2.35. The zero-order valence-corrected chi connectivity index (χ0v) is 13.3. The molecule has 0 bridgehead atoms. The van der Waals surface area contributed by atoms with Crippen molar-refractivity contribution >= 4 is 17.5 Å². The standard InChI is InChI=1S/C15H20ClN3O/c1-10(6-7-17)19(5)14(20)11-8-12(15(2,3)4)18-13(16)9-11/h8-10H,6H2,1-5H3. The van der Waals surface area contributed by atoms with E-state index in [1.54, 1.807) is 24.1 Å². The minimum Gasteiger partial charge on any atom is -0.338 e. The van der Waals surface area contributed by atoms with Crippen LogP contribution in [0, 0.1) is 11.3 Å². The minimum absolute atomic E-state index is 0.141. The lowest BCUT2D eigenvalue weighted by molar-refractivity contribution is 0.0746. The number of pyridine rings is 1. The maximum absolute atomic E-state index is 12.4. The van der Waals surface area contributed by atoms with Gasteiger partial charge in [0.25, 0.3) is 5.91 Å². The molecule has 1 aromatic rings. The number of nitriles is 1. The topological polar surface area (TPSA) is 57.0 Å². The third-order valence-electron chi connectivity index (χ3n) is 3.18. The van der Waals surface area contributed by atoms with E-state index in [0.29, 0.717) is 17.1 Å². The zero-order valence-electron chi connectivity index (χ0n) is 12.6. The van der Waals surface area contributed by atoms with Crippen molar-refractivity contribution < 1.29 is 4.79 Å². The largest absolute Gasteiger partial charge is 0.338 e. The highest BCUT2D eigenvalue weighted by atomic mass is 35.5. The van der Waals surface area contributed by atoms with Gasteiger partial charge in [-0.25, -0.2) is 4.98 Å². The quantitative estimate of drug-likeness (QED) is 0.803. The van der Waals surface area contributed by atoms with E-state index in [4.69, 9.17) is 16.9 Å². The average Bonchev–Trinajstić information content (AvgIpc) is 2.35. The summed E-state index contributed by atoms with van der Waals surface area (Å²) >= 11 is 6.01. The summed E-state index contributed by atoms with van der Waals surface area (Å²) in [5.74, 6) is -0.150. The van der Waals surface area contributed by atoms with E-state index in [0.717, 1.165) is 5.69 Å². The Morgan fingerprint density at radius 1 is 1.50 bits per heavy atom. The second-order valence-corrected chi connectivity index (χ2v) is 6.33. The van der Waals surface area contributed by atoms with Crippen molar-refractivity contribution in [2.45, 2.75) is 45.6 Å². The van der Waals surface area contributed by atoms with Gasteiger partial charge >= 0.3 is 0 Å². The third kappa shape index (κ3) is 3.94. The van der Waals surface area contributed by atoms with Gasteiger partial charge in [0.2, 0.25) is 0 Å². The molecule has 5 heteroatoms. The van der Waals surface area contributed by atoms with Gasteiger partial charge in [-0.05, 0) is 19.1 Å². The van der Waals surface area contributed by atoms with Gasteiger partial charge in [-0.1, -0.05) is 32.4 Å². The van der Waals surface area contributed by atoms with E-state index >= 15 is 0 Å². The Hall–Kier alpha value is -1.60. The van der Waals surface area contributed by atoms with Crippen molar-refractivity contribution in [2.24, 2.45) is 0 Å². The van der Waals surface area contributed by atoms with E-state index in [-0.39, 0.29) is 17.4 Å². The van der Waals surface area contributed by atoms with Crippen LogP contribution in [0.2, 0.25) is 5.15 Å². The average molecular weight is 294 g/mol. The highest BCUT2D eigenvalue weighted by molar-refractivity contribution is 6.29. The fourth-order valence-electron chi connectivity index (χ4n) is 1.68. The van der Waals surface area contributed by atoms with Gasteiger partial charge in [0, 0.05) is 29.8 Å². The molecule has 0 aliphatic carbocycles. The van der Waals surface area contributed by atoms with E-state index < -0.39 is 0 Å². The molecule has 108 valence electrons. The molecule has 0 saturated heterocycles. The van der Waals surface area contributed by atoms with E-state index in [1.165, 1.54) is 0 Å². The lowest BCUT2D eigenvalue weighted by Gasteiger charge is -2.24. The number of nitrogens with zero attached hydrogens (tertiary/aromatic N) is 3. The summed E-state index contributed by atoms with van der Waals surface area (Å²) in [5.41, 5.74) is 1.09. The predicted octanol–water partition coefficient (Wildman–Crippen LogP) is 3.41. The van der Waals surface area contributed by atoms with Crippen molar-refractivity contribution in [3.8, 4) is 6.07 Å². The third-order valence-corrected chi connectivity index (χ3v) is 3.37. The van der Waals surface area contributed by atoms with E-state index in [9.17, 15) is 4.79 Å². The second-order valence-electron chi connectivity index (χ2n) is 5.94. The first-order chi connectivity index (χ1) is 9.16. The molecule has 20 heavy (non-hydrogen) atoms. The lowest BCUT2D eigenvalue weighted by atomic mass is 9.90. The normalized spacial score (nSPS) is 12.7. The molecule has 1 heterocycles. The van der Waals surface area contributed by atoms with Crippen molar-refractivity contribution in [1.82, 2.24) is 9.88 Å². The van der Waals surface area contributed by atoms with Gasteiger partial charge in [-0.2, -0.15) is 5.26 Å². The van der Waals surface area contributed by atoms with Crippen molar-refractivity contribution in [3.05, 3.63) is 28.5 Å². The van der Waals surface area contributed by atoms with Crippen LogP contribution >= 0.6 is 11.6 Å². The number of carbonyl (C=O) groups is 1. The maximum Gasteiger partial charge on any atom is 0.254 e. The molecule has 1 amide bonds. The summed E-state index contributed by atoms with van der Waals surface area (Å²) in [6.45, 7) is 7.89. The molecule has 0 spiro atoms. The molecule has 0 aliphatic rings. The summed E-state index contributed by atoms with van der Waals surface area (Å²) in [6.07, 6.45) is 0.299. The summed E-state index contributed by atoms with van der Waals surface area (Å²) in [6, 6.07) is 5.26. The second kappa shape index (κ2) is 6.23. The first kappa shape index (κ1) is 16.5. The van der Waals surface area contributed by atoms with Crippen LogP contribution in [0.5, 0.6) is 0 Å². The highest BCUT2D eigenvalue weighted by Gasteiger charge is 2.22. The van der Waals surface area contributed by atoms with Crippen molar-refractivity contribution in [2.75, 3.05) is 7.05 Å².